The first-order valence-electron chi connectivity index (χ1n) is 9.88. The molecule has 29 heavy (non-hydrogen) atoms. The molecule has 2 rings (SSSR count). The van der Waals surface area contributed by atoms with Crippen molar-refractivity contribution in [3.63, 3.8) is 0 Å². The monoisotopic (exact) mass is 485 g/mol. The van der Waals surface area contributed by atoms with Gasteiger partial charge in [-0.3, -0.25) is 9.59 Å². The van der Waals surface area contributed by atoms with Gasteiger partial charge in [0.05, 0.1) is 11.5 Å². The zero-order valence-electron chi connectivity index (χ0n) is 16.8. The lowest BCUT2D eigenvalue weighted by Gasteiger charge is -2.20. The van der Waals surface area contributed by atoms with Gasteiger partial charge in [0.1, 0.15) is 6.04 Å². The molecule has 1 aliphatic rings. The quantitative estimate of drug-likeness (QED) is 0.421. The molecule has 1 saturated carbocycles. The molecule has 8 heteroatoms. The summed E-state index contributed by atoms with van der Waals surface area (Å²) in [6.07, 6.45) is 6.46. The van der Waals surface area contributed by atoms with Crippen molar-refractivity contribution in [2.75, 3.05) is 6.61 Å². The normalized spacial score (nSPS) is 17.0. The van der Waals surface area contributed by atoms with Crippen LogP contribution in [0.25, 0.3) is 0 Å². The minimum Gasteiger partial charge on any atom is -0.465 e. The summed E-state index contributed by atoms with van der Waals surface area (Å²) in [5.41, 5.74) is 0.929. The molecule has 0 heterocycles. The first-order chi connectivity index (χ1) is 13.7. The van der Waals surface area contributed by atoms with Crippen LogP contribution in [0.15, 0.2) is 39.7 Å². The molecule has 1 atom stereocenters. The van der Waals surface area contributed by atoms with Crippen LogP contribution in [0.5, 0.6) is 0 Å². The van der Waals surface area contributed by atoms with E-state index in [2.05, 4.69) is 20.7 Å². The fourth-order valence-electron chi connectivity index (χ4n) is 3.30. The summed E-state index contributed by atoms with van der Waals surface area (Å²) in [5, 5.41) is 0. The predicted molar refractivity (Wildman–Crippen MR) is 115 cm³/mol. The van der Waals surface area contributed by atoms with Crippen LogP contribution in [0.2, 0.25) is 0 Å². The Hall–Kier alpha value is -1.51. The number of carbonyl (C=O) groups excluding carboxylic acids is 2. The van der Waals surface area contributed by atoms with E-state index >= 15 is 0 Å². The number of ether oxygens (including phenoxy) is 1. The van der Waals surface area contributed by atoms with Crippen LogP contribution in [0, 0.1) is 12.8 Å². The molecular formula is C21H28BrNO5S. The Morgan fingerprint density at radius 3 is 2.41 bits per heavy atom. The van der Waals surface area contributed by atoms with Crippen LogP contribution in [0.4, 0.5) is 0 Å². The van der Waals surface area contributed by atoms with Gasteiger partial charge in [-0.15, -0.1) is 0 Å². The van der Waals surface area contributed by atoms with Crippen LogP contribution in [0.3, 0.4) is 0 Å². The van der Waals surface area contributed by atoms with Crippen molar-refractivity contribution in [2.45, 2.75) is 63.3 Å². The maximum atomic E-state index is 12.7. The van der Waals surface area contributed by atoms with Gasteiger partial charge in [0, 0.05) is 16.8 Å². The number of rotatable bonds is 9. The Balaban J connectivity index is 2.14. The molecule has 1 aromatic carbocycles. The molecular weight excluding hydrogens is 458 g/mol. The van der Waals surface area contributed by atoms with Gasteiger partial charge < -0.3 is 4.74 Å². The Kier molecular flexibility index (Phi) is 9.04. The lowest BCUT2D eigenvalue weighted by Crippen LogP contribution is -2.41. The van der Waals surface area contributed by atoms with E-state index < -0.39 is 22.0 Å². The Morgan fingerprint density at radius 2 is 1.83 bits per heavy atom. The number of carbonyl (C=O) groups is 2. The van der Waals surface area contributed by atoms with Gasteiger partial charge in [0.2, 0.25) is 10.0 Å². The number of ketones is 1. The number of hydrogen-bond donors (Lipinski definition) is 1. The van der Waals surface area contributed by atoms with Crippen molar-refractivity contribution < 1.29 is 22.7 Å². The highest BCUT2D eigenvalue weighted by Gasteiger charge is 2.28. The number of aryl methyl sites for hydroxylation is 1. The van der Waals surface area contributed by atoms with E-state index in [1.54, 1.807) is 19.1 Å². The molecule has 1 aliphatic carbocycles. The molecule has 1 aromatic rings. The smallest absolute Gasteiger partial charge is 0.324 e. The zero-order valence-corrected chi connectivity index (χ0v) is 19.2. The van der Waals surface area contributed by atoms with Crippen molar-refractivity contribution in [3.05, 3.63) is 40.4 Å². The largest absolute Gasteiger partial charge is 0.465 e. The molecule has 0 spiro atoms. The number of hydrogen-bond acceptors (Lipinski definition) is 5. The molecule has 6 nitrogen and oxygen atoms in total. The van der Waals surface area contributed by atoms with Crippen molar-refractivity contribution >= 4 is 37.7 Å². The van der Waals surface area contributed by atoms with Gasteiger partial charge >= 0.3 is 5.97 Å². The molecule has 0 radical (unpaired) electrons. The minimum atomic E-state index is -3.92. The molecule has 0 bridgehead atoms. The molecule has 1 unspecified atom stereocenters. The van der Waals surface area contributed by atoms with E-state index in [1.807, 2.05) is 6.92 Å². The maximum absolute atomic E-state index is 12.7. The third kappa shape index (κ3) is 7.35. The molecule has 0 saturated heterocycles. The standard InChI is InChI=1S/C21H28BrNO5S/c1-3-28-21(25)19(23-29(26,27)18-11-9-15(2)10-12-18)13-17(22)14-20(24)16-7-5-4-6-8-16/h9-12,14,16,19,23H,3-8,13H2,1-2H3/b17-14-. The van der Waals surface area contributed by atoms with Gasteiger partial charge in [-0.1, -0.05) is 52.9 Å². The van der Waals surface area contributed by atoms with Crippen molar-refractivity contribution in [3.8, 4) is 0 Å². The second kappa shape index (κ2) is 11.0. The van der Waals surface area contributed by atoms with Crippen LogP contribution >= 0.6 is 15.9 Å². The molecule has 0 amide bonds. The van der Waals surface area contributed by atoms with Crippen LogP contribution in [-0.4, -0.2) is 32.8 Å². The van der Waals surface area contributed by atoms with Crippen molar-refractivity contribution in [1.82, 2.24) is 4.72 Å². The lowest BCUT2D eigenvalue weighted by atomic mass is 9.86. The van der Waals surface area contributed by atoms with E-state index in [0.717, 1.165) is 37.7 Å². The molecule has 0 aliphatic heterocycles. The van der Waals surface area contributed by atoms with Gasteiger partial charge in [-0.2, -0.15) is 4.72 Å². The molecule has 1 N–H and O–H groups in total. The van der Waals surface area contributed by atoms with Crippen molar-refractivity contribution in [1.29, 1.82) is 0 Å². The highest BCUT2D eigenvalue weighted by atomic mass is 79.9. The van der Waals surface area contributed by atoms with Crippen molar-refractivity contribution in [2.24, 2.45) is 5.92 Å². The molecule has 160 valence electrons. The SMILES string of the molecule is CCOC(=O)C(C/C(Br)=C/C(=O)C1CCCCC1)NS(=O)(=O)c1ccc(C)cc1. The second-order valence-corrected chi connectivity index (χ2v) is 10.0. The second-order valence-electron chi connectivity index (χ2n) is 7.27. The Labute approximate surface area is 181 Å². The minimum absolute atomic E-state index is 0.00148. The molecule has 0 aromatic heterocycles. The number of benzene rings is 1. The highest BCUT2D eigenvalue weighted by Crippen LogP contribution is 2.26. The summed E-state index contributed by atoms with van der Waals surface area (Å²) in [4.78, 5) is 24.9. The van der Waals surface area contributed by atoms with E-state index in [0.29, 0.717) is 4.48 Å². The number of halogens is 1. The van der Waals surface area contributed by atoms with Gasteiger partial charge in [-0.25, -0.2) is 8.42 Å². The average molecular weight is 486 g/mol. The van der Waals surface area contributed by atoms with E-state index in [1.165, 1.54) is 18.2 Å². The predicted octanol–water partition coefficient (Wildman–Crippen LogP) is 4.02. The Bertz CT molecular complexity index is 842. The lowest BCUT2D eigenvalue weighted by molar-refractivity contribution is -0.145. The summed E-state index contributed by atoms with van der Waals surface area (Å²) < 4.78 is 33.3. The summed E-state index contributed by atoms with van der Waals surface area (Å²) in [6, 6.07) is 5.21. The van der Waals surface area contributed by atoms with Gasteiger partial charge in [0.25, 0.3) is 0 Å². The summed E-state index contributed by atoms with van der Waals surface area (Å²) >= 11 is 3.34. The first kappa shape index (κ1) is 23.8. The Morgan fingerprint density at radius 1 is 1.21 bits per heavy atom. The fourth-order valence-corrected chi connectivity index (χ4v) is 5.04. The topological polar surface area (TPSA) is 89.5 Å². The summed E-state index contributed by atoms with van der Waals surface area (Å²) in [6.45, 7) is 3.64. The van der Waals surface area contributed by atoms with E-state index in [4.69, 9.17) is 4.74 Å². The zero-order chi connectivity index (χ0) is 21.4. The maximum Gasteiger partial charge on any atom is 0.324 e. The highest BCUT2D eigenvalue weighted by molar-refractivity contribution is 9.11. The fraction of sp³-hybridized carbons (Fsp3) is 0.524. The third-order valence-electron chi connectivity index (χ3n) is 4.91. The molecule has 1 fully saturated rings. The van der Waals surface area contributed by atoms with E-state index in [9.17, 15) is 18.0 Å². The number of esters is 1. The summed E-state index contributed by atoms with van der Waals surface area (Å²) in [7, 11) is -3.92. The third-order valence-corrected chi connectivity index (χ3v) is 6.95. The first-order valence-corrected chi connectivity index (χ1v) is 12.2. The summed E-state index contributed by atoms with van der Waals surface area (Å²) in [5.74, 6) is -0.666. The average Bonchev–Trinajstić information content (AvgIpc) is 2.68. The van der Waals surface area contributed by atoms with Gasteiger partial charge in [0.15, 0.2) is 5.78 Å². The van der Waals surface area contributed by atoms with E-state index in [-0.39, 0.29) is 29.6 Å². The van der Waals surface area contributed by atoms with Crippen LogP contribution in [-0.2, 0) is 24.3 Å². The van der Waals surface area contributed by atoms with Gasteiger partial charge in [-0.05, 0) is 44.9 Å². The van der Waals surface area contributed by atoms with Crippen LogP contribution < -0.4 is 4.72 Å². The number of sulfonamides is 1. The number of nitrogens with one attached hydrogen (secondary N) is 1. The number of allylic oxidation sites excluding steroid dienone is 1. The van der Waals surface area contributed by atoms with Crippen LogP contribution in [0.1, 0.15) is 51.0 Å².